The quantitative estimate of drug-likeness (QED) is 0.658. The molecular weight excluding hydrogens is 198 g/mol. The molecule has 1 atom stereocenters. The molecule has 68 valence electrons. The summed E-state index contributed by atoms with van der Waals surface area (Å²) in [4.78, 5) is 0. The molecule has 2 nitrogen and oxygen atoms in total. The Hall–Kier alpha value is 0.1000. The van der Waals surface area contributed by atoms with Gasteiger partial charge in [0.05, 0.1) is 5.75 Å². The maximum absolute atomic E-state index is 11.6. The van der Waals surface area contributed by atoms with E-state index < -0.39 is 27.8 Å². The highest BCUT2D eigenvalue weighted by Crippen LogP contribution is 2.13. The van der Waals surface area contributed by atoms with Gasteiger partial charge in [-0.15, -0.1) is 0 Å². The predicted octanol–water partition coefficient (Wildman–Crippen LogP) is 1.85. The second kappa shape index (κ2) is 4.21. The number of hydrogen-bond donors (Lipinski definition) is 0. The van der Waals surface area contributed by atoms with Gasteiger partial charge in [0.25, 0.3) is 0 Å². The average molecular weight is 207 g/mol. The van der Waals surface area contributed by atoms with Crippen LogP contribution in [0.5, 0.6) is 0 Å². The second-order valence-electron chi connectivity index (χ2n) is 2.44. The lowest BCUT2D eigenvalue weighted by Gasteiger charge is -2.06. The average Bonchev–Trinajstić information content (AvgIpc) is 1.53. The van der Waals surface area contributed by atoms with Crippen molar-refractivity contribution in [3.05, 3.63) is 0 Å². The molecular formula is C5H9ClF2O2S. The van der Waals surface area contributed by atoms with Crippen LogP contribution in [0.1, 0.15) is 13.3 Å². The van der Waals surface area contributed by atoms with Crippen LogP contribution in [0.2, 0.25) is 0 Å². The van der Waals surface area contributed by atoms with Crippen LogP contribution in [0, 0.1) is 5.92 Å². The molecule has 0 aromatic heterocycles. The summed E-state index contributed by atoms with van der Waals surface area (Å²) >= 11 is 0. The van der Waals surface area contributed by atoms with Crippen LogP contribution in [0.3, 0.4) is 0 Å². The minimum absolute atomic E-state index is 0.390. The van der Waals surface area contributed by atoms with Crippen molar-refractivity contribution in [1.82, 2.24) is 0 Å². The lowest BCUT2D eigenvalue weighted by Crippen LogP contribution is -2.11. The fraction of sp³-hybridized carbons (Fsp3) is 1.00. The second-order valence-corrected chi connectivity index (χ2v) is 5.26. The van der Waals surface area contributed by atoms with E-state index in [1.54, 1.807) is 0 Å². The van der Waals surface area contributed by atoms with E-state index in [1.165, 1.54) is 6.92 Å². The van der Waals surface area contributed by atoms with Crippen molar-refractivity contribution in [2.75, 3.05) is 5.75 Å². The molecule has 0 aliphatic heterocycles. The van der Waals surface area contributed by atoms with Crippen molar-refractivity contribution in [3.63, 3.8) is 0 Å². The Morgan fingerprint density at radius 3 is 2.18 bits per heavy atom. The molecule has 0 bridgehead atoms. The first-order valence-corrected chi connectivity index (χ1v) is 5.49. The van der Waals surface area contributed by atoms with Crippen LogP contribution in [0.15, 0.2) is 0 Å². The van der Waals surface area contributed by atoms with Gasteiger partial charge in [0.1, 0.15) is 0 Å². The number of alkyl halides is 2. The Morgan fingerprint density at radius 1 is 1.45 bits per heavy atom. The third-order valence-electron chi connectivity index (χ3n) is 1.06. The van der Waals surface area contributed by atoms with Crippen molar-refractivity contribution in [2.45, 2.75) is 19.8 Å². The van der Waals surface area contributed by atoms with Gasteiger partial charge in [0, 0.05) is 17.1 Å². The SMILES string of the molecule is CC(CC(F)F)CS(=O)(=O)Cl. The smallest absolute Gasteiger partial charge is 0.212 e. The molecule has 0 spiro atoms. The van der Waals surface area contributed by atoms with Gasteiger partial charge in [-0.25, -0.2) is 17.2 Å². The van der Waals surface area contributed by atoms with Crippen LogP contribution in [0.4, 0.5) is 8.78 Å². The number of hydrogen-bond acceptors (Lipinski definition) is 2. The maximum Gasteiger partial charge on any atom is 0.238 e. The highest BCUT2D eigenvalue weighted by Gasteiger charge is 2.16. The summed E-state index contributed by atoms with van der Waals surface area (Å²) in [6, 6.07) is 0. The third-order valence-corrected chi connectivity index (χ3v) is 2.41. The van der Waals surface area contributed by atoms with E-state index in [0.717, 1.165) is 0 Å². The van der Waals surface area contributed by atoms with E-state index in [-0.39, 0.29) is 5.75 Å². The molecule has 1 unspecified atom stereocenters. The Kier molecular flexibility index (Phi) is 4.25. The third kappa shape index (κ3) is 8.00. The highest BCUT2D eigenvalue weighted by atomic mass is 35.7. The fourth-order valence-corrected chi connectivity index (χ4v) is 2.17. The van der Waals surface area contributed by atoms with Crippen LogP contribution in [0.25, 0.3) is 0 Å². The Morgan fingerprint density at radius 2 is 1.91 bits per heavy atom. The van der Waals surface area contributed by atoms with Gasteiger partial charge in [-0.3, -0.25) is 0 Å². The van der Waals surface area contributed by atoms with E-state index in [1.807, 2.05) is 0 Å². The van der Waals surface area contributed by atoms with Gasteiger partial charge in [-0.2, -0.15) is 0 Å². The molecule has 0 saturated heterocycles. The minimum atomic E-state index is -3.63. The standard InChI is InChI=1S/C5H9ClF2O2S/c1-4(2-5(7)8)3-11(6,9)10/h4-5H,2-3H2,1H3. The van der Waals surface area contributed by atoms with E-state index in [9.17, 15) is 17.2 Å². The van der Waals surface area contributed by atoms with Crippen LogP contribution in [-0.2, 0) is 9.05 Å². The summed E-state index contributed by atoms with van der Waals surface area (Å²) in [7, 11) is 1.21. The first-order chi connectivity index (χ1) is 4.81. The van der Waals surface area contributed by atoms with Crippen LogP contribution < -0.4 is 0 Å². The van der Waals surface area contributed by atoms with E-state index >= 15 is 0 Å². The zero-order valence-electron chi connectivity index (χ0n) is 5.93. The van der Waals surface area contributed by atoms with Gasteiger partial charge in [-0.1, -0.05) is 6.92 Å². The molecule has 0 heterocycles. The van der Waals surface area contributed by atoms with Crippen molar-refractivity contribution < 1.29 is 17.2 Å². The molecule has 11 heavy (non-hydrogen) atoms. The highest BCUT2D eigenvalue weighted by molar-refractivity contribution is 8.13. The predicted molar refractivity (Wildman–Crippen MR) is 39.4 cm³/mol. The first-order valence-electron chi connectivity index (χ1n) is 3.01. The number of rotatable bonds is 4. The minimum Gasteiger partial charge on any atom is -0.212 e. The molecule has 0 rings (SSSR count). The van der Waals surface area contributed by atoms with E-state index in [4.69, 9.17) is 10.7 Å². The Balaban J connectivity index is 3.80. The summed E-state index contributed by atoms with van der Waals surface area (Å²) in [5.74, 6) is -0.976. The zero-order chi connectivity index (χ0) is 9.07. The fourth-order valence-electron chi connectivity index (χ4n) is 0.712. The summed E-state index contributed by atoms with van der Waals surface area (Å²) in [5.41, 5.74) is 0. The molecule has 0 fully saturated rings. The largest absolute Gasteiger partial charge is 0.238 e. The summed E-state index contributed by atoms with van der Waals surface area (Å²) < 4.78 is 43.9. The van der Waals surface area contributed by atoms with Crippen LogP contribution >= 0.6 is 10.7 Å². The van der Waals surface area contributed by atoms with Crippen molar-refractivity contribution in [3.8, 4) is 0 Å². The lowest BCUT2D eigenvalue weighted by atomic mass is 10.1. The molecule has 6 heteroatoms. The Bertz CT molecular complexity index is 203. The molecule has 0 amide bonds. The van der Waals surface area contributed by atoms with Gasteiger partial charge >= 0.3 is 0 Å². The Labute approximate surface area is 69.0 Å². The van der Waals surface area contributed by atoms with Gasteiger partial charge < -0.3 is 0 Å². The van der Waals surface area contributed by atoms with E-state index in [2.05, 4.69) is 0 Å². The molecule has 0 N–H and O–H groups in total. The topological polar surface area (TPSA) is 34.1 Å². The van der Waals surface area contributed by atoms with Crippen molar-refractivity contribution in [2.24, 2.45) is 5.92 Å². The molecule has 0 aliphatic carbocycles. The first kappa shape index (κ1) is 11.1. The van der Waals surface area contributed by atoms with Crippen molar-refractivity contribution in [1.29, 1.82) is 0 Å². The molecule has 0 saturated carbocycles. The normalized spacial score (nSPS) is 15.4. The molecule has 0 aliphatic rings. The van der Waals surface area contributed by atoms with Gasteiger partial charge in [-0.05, 0) is 5.92 Å². The van der Waals surface area contributed by atoms with E-state index in [0.29, 0.717) is 0 Å². The summed E-state index contributed by atoms with van der Waals surface area (Å²) in [6.07, 6.45) is -2.89. The van der Waals surface area contributed by atoms with Crippen molar-refractivity contribution >= 4 is 19.7 Å². The molecule has 0 aromatic carbocycles. The van der Waals surface area contributed by atoms with Gasteiger partial charge in [0.15, 0.2) is 0 Å². The zero-order valence-corrected chi connectivity index (χ0v) is 7.50. The number of halogens is 3. The van der Waals surface area contributed by atoms with Crippen LogP contribution in [-0.4, -0.2) is 20.6 Å². The summed E-state index contributed by atoms with van der Waals surface area (Å²) in [5, 5.41) is 0. The lowest BCUT2D eigenvalue weighted by molar-refractivity contribution is 0.122. The molecule has 0 aromatic rings. The summed E-state index contributed by atoms with van der Waals surface area (Å²) in [6.45, 7) is 1.42. The van der Waals surface area contributed by atoms with Gasteiger partial charge in [0.2, 0.25) is 15.5 Å². The molecule has 0 radical (unpaired) electrons. The maximum atomic E-state index is 11.6. The monoisotopic (exact) mass is 206 g/mol.